The molecule has 1 unspecified atom stereocenters. The summed E-state index contributed by atoms with van der Waals surface area (Å²) in [5, 5.41) is 0. The summed E-state index contributed by atoms with van der Waals surface area (Å²) in [5.41, 5.74) is 5.42. The smallest absolute Gasteiger partial charge is 0.323 e. The maximum atomic E-state index is 11.1. The van der Waals surface area contributed by atoms with Crippen LogP contribution in [-0.2, 0) is 9.53 Å². The van der Waals surface area contributed by atoms with E-state index in [0.717, 1.165) is 5.75 Å². The number of carbonyl (C=O) groups excluding carboxylic acids is 1. The number of hydrogen-bond acceptors (Lipinski definition) is 5. The molecule has 0 fully saturated rings. The first-order valence-electron chi connectivity index (χ1n) is 4.95. The normalized spacial score (nSPS) is 11.9. The van der Waals surface area contributed by atoms with Crippen molar-refractivity contribution in [2.45, 2.75) is 6.04 Å². The van der Waals surface area contributed by atoms with Gasteiger partial charge in [-0.3, -0.25) is 4.79 Å². The van der Waals surface area contributed by atoms with Crippen LogP contribution in [0.2, 0.25) is 0 Å². The zero-order valence-corrected chi connectivity index (χ0v) is 9.73. The molecule has 0 aromatic heterocycles. The minimum absolute atomic E-state index is 0.190. The van der Waals surface area contributed by atoms with Crippen LogP contribution in [0.15, 0.2) is 30.3 Å². The summed E-state index contributed by atoms with van der Waals surface area (Å²) >= 11 is 3.90. The first-order chi connectivity index (χ1) is 7.74. The molecule has 5 heteroatoms. The number of carbonyl (C=O) groups is 1. The van der Waals surface area contributed by atoms with E-state index >= 15 is 0 Å². The van der Waals surface area contributed by atoms with Gasteiger partial charge < -0.3 is 15.2 Å². The fourth-order valence-electron chi connectivity index (χ4n) is 1.00. The standard InChI is InChI=1S/C11H15NO3S/c12-10(8-16)11(13)15-7-6-14-9-4-2-1-3-5-9/h1-5,10,16H,6-8,12H2. The van der Waals surface area contributed by atoms with Crippen LogP contribution < -0.4 is 10.5 Å². The van der Waals surface area contributed by atoms with Gasteiger partial charge in [0.25, 0.3) is 0 Å². The SMILES string of the molecule is NC(CS)C(=O)OCCOc1ccccc1. The maximum absolute atomic E-state index is 11.1. The molecule has 0 bridgehead atoms. The van der Waals surface area contributed by atoms with Crippen LogP contribution in [0.4, 0.5) is 0 Å². The van der Waals surface area contributed by atoms with Crippen LogP contribution in [0.5, 0.6) is 5.75 Å². The van der Waals surface area contributed by atoms with Crippen molar-refractivity contribution in [2.24, 2.45) is 5.73 Å². The molecule has 1 aromatic carbocycles. The summed E-state index contributed by atoms with van der Waals surface area (Å²) < 4.78 is 10.2. The molecule has 1 aromatic rings. The summed E-state index contributed by atoms with van der Waals surface area (Å²) in [6.07, 6.45) is 0. The van der Waals surface area contributed by atoms with Crippen LogP contribution in [0, 0.1) is 0 Å². The van der Waals surface area contributed by atoms with E-state index in [9.17, 15) is 4.79 Å². The fraction of sp³-hybridized carbons (Fsp3) is 0.364. The second-order valence-electron chi connectivity index (χ2n) is 3.12. The average molecular weight is 241 g/mol. The van der Waals surface area contributed by atoms with Crippen molar-refractivity contribution in [3.8, 4) is 5.75 Å². The van der Waals surface area contributed by atoms with Crippen LogP contribution in [0.3, 0.4) is 0 Å². The molecule has 0 spiro atoms. The Morgan fingerprint density at radius 1 is 1.31 bits per heavy atom. The monoisotopic (exact) mass is 241 g/mol. The highest BCUT2D eigenvalue weighted by Gasteiger charge is 2.12. The van der Waals surface area contributed by atoms with E-state index in [1.807, 2.05) is 30.3 Å². The Balaban J connectivity index is 2.15. The number of benzene rings is 1. The number of esters is 1. The predicted octanol–water partition coefficient (Wildman–Crippen LogP) is 0.866. The zero-order valence-electron chi connectivity index (χ0n) is 8.83. The third kappa shape index (κ3) is 4.55. The van der Waals surface area contributed by atoms with Crippen molar-refractivity contribution in [3.63, 3.8) is 0 Å². The Labute approximate surface area is 100 Å². The molecule has 0 heterocycles. The van der Waals surface area contributed by atoms with Crippen LogP contribution in [0.1, 0.15) is 0 Å². The number of para-hydroxylation sites is 1. The van der Waals surface area contributed by atoms with Gasteiger partial charge in [0.1, 0.15) is 25.0 Å². The van der Waals surface area contributed by atoms with E-state index in [-0.39, 0.29) is 12.4 Å². The molecule has 0 aliphatic carbocycles. The van der Waals surface area contributed by atoms with E-state index in [1.54, 1.807) is 0 Å². The highest BCUT2D eigenvalue weighted by molar-refractivity contribution is 7.80. The van der Waals surface area contributed by atoms with E-state index in [1.165, 1.54) is 0 Å². The number of rotatable bonds is 6. The number of thiol groups is 1. The minimum Gasteiger partial charge on any atom is -0.490 e. The van der Waals surface area contributed by atoms with Crippen molar-refractivity contribution in [2.75, 3.05) is 19.0 Å². The van der Waals surface area contributed by atoms with Gasteiger partial charge in [-0.15, -0.1) is 0 Å². The first kappa shape index (κ1) is 12.9. The predicted molar refractivity (Wildman–Crippen MR) is 64.7 cm³/mol. The molecule has 0 amide bonds. The average Bonchev–Trinajstić information content (AvgIpc) is 2.34. The summed E-state index contributed by atoms with van der Waals surface area (Å²) in [6, 6.07) is 8.65. The summed E-state index contributed by atoms with van der Waals surface area (Å²) in [6.45, 7) is 0.504. The molecule has 0 aliphatic heterocycles. The Hall–Kier alpha value is -1.20. The molecule has 0 radical (unpaired) electrons. The lowest BCUT2D eigenvalue weighted by atomic mass is 10.3. The molecule has 4 nitrogen and oxygen atoms in total. The Morgan fingerprint density at radius 3 is 2.62 bits per heavy atom. The highest BCUT2D eigenvalue weighted by Crippen LogP contribution is 2.07. The topological polar surface area (TPSA) is 61.6 Å². The Bertz CT molecular complexity index is 318. The van der Waals surface area contributed by atoms with Crippen LogP contribution in [0.25, 0.3) is 0 Å². The van der Waals surface area contributed by atoms with Gasteiger partial charge in [-0.1, -0.05) is 18.2 Å². The van der Waals surface area contributed by atoms with Gasteiger partial charge in [0.15, 0.2) is 0 Å². The third-order valence-electron chi connectivity index (χ3n) is 1.84. The van der Waals surface area contributed by atoms with Gasteiger partial charge in [0.05, 0.1) is 0 Å². The zero-order chi connectivity index (χ0) is 11.8. The number of hydrogen-bond donors (Lipinski definition) is 2. The van der Waals surface area contributed by atoms with Gasteiger partial charge in [-0.05, 0) is 12.1 Å². The molecule has 1 rings (SSSR count). The Morgan fingerprint density at radius 2 is 2.00 bits per heavy atom. The van der Waals surface area contributed by atoms with Gasteiger partial charge in [0.2, 0.25) is 0 Å². The third-order valence-corrected chi connectivity index (χ3v) is 2.23. The Kier molecular flexibility index (Phi) is 5.74. The van der Waals surface area contributed by atoms with Crippen molar-refractivity contribution in [1.82, 2.24) is 0 Å². The van der Waals surface area contributed by atoms with E-state index < -0.39 is 12.0 Å². The van der Waals surface area contributed by atoms with Crippen molar-refractivity contribution >= 4 is 18.6 Å². The second kappa shape index (κ2) is 7.14. The molecule has 0 saturated heterocycles. The molecular weight excluding hydrogens is 226 g/mol. The lowest BCUT2D eigenvalue weighted by molar-refractivity contribution is -0.145. The van der Waals surface area contributed by atoms with Gasteiger partial charge in [0, 0.05) is 5.75 Å². The molecular formula is C11H15NO3S. The minimum atomic E-state index is -0.667. The molecule has 0 saturated carbocycles. The fourth-order valence-corrected chi connectivity index (χ4v) is 1.15. The lowest BCUT2D eigenvalue weighted by Gasteiger charge is -2.09. The highest BCUT2D eigenvalue weighted by atomic mass is 32.1. The largest absolute Gasteiger partial charge is 0.490 e. The summed E-state index contributed by atoms with van der Waals surface area (Å²) in [4.78, 5) is 11.1. The van der Waals surface area contributed by atoms with Gasteiger partial charge in [-0.2, -0.15) is 12.6 Å². The molecule has 88 valence electrons. The van der Waals surface area contributed by atoms with Gasteiger partial charge in [-0.25, -0.2) is 0 Å². The van der Waals surface area contributed by atoms with Crippen molar-refractivity contribution in [1.29, 1.82) is 0 Å². The second-order valence-corrected chi connectivity index (χ2v) is 3.48. The first-order valence-corrected chi connectivity index (χ1v) is 5.58. The van der Waals surface area contributed by atoms with Crippen LogP contribution in [-0.4, -0.2) is 31.0 Å². The molecule has 16 heavy (non-hydrogen) atoms. The molecule has 0 aliphatic rings. The van der Waals surface area contributed by atoms with E-state index in [0.29, 0.717) is 6.61 Å². The van der Waals surface area contributed by atoms with Crippen molar-refractivity contribution < 1.29 is 14.3 Å². The molecule has 2 N–H and O–H groups in total. The number of ether oxygens (including phenoxy) is 2. The van der Waals surface area contributed by atoms with Crippen molar-refractivity contribution in [3.05, 3.63) is 30.3 Å². The lowest BCUT2D eigenvalue weighted by Crippen LogP contribution is -2.34. The quantitative estimate of drug-likeness (QED) is 0.440. The maximum Gasteiger partial charge on any atom is 0.323 e. The van der Waals surface area contributed by atoms with Crippen LogP contribution >= 0.6 is 12.6 Å². The summed E-state index contributed by atoms with van der Waals surface area (Å²) in [7, 11) is 0. The van der Waals surface area contributed by atoms with E-state index in [2.05, 4.69) is 12.6 Å². The number of nitrogens with two attached hydrogens (primary N) is 1. The summed E-state index contributed by atoms with van der Waals surface area (Å²) in [5.74, 6) is 0.571. The van der Waals surface area contributed by atoms with Gasteiger partial charge >= 0.3 is 5.97 Å². The van der Waals surface area contributed by atoms with E-state index in [4.69, 9.17) is 15.2 Å². The molecule has 1 atom stereocenters.